The van der Waals surface area contributed by atoms with Crippen molar-refractivity contribution in [2.45, 2.75) is 44.3 Å². The SMILES string of the molecule is Cn1ccc([C@@H]2CCNC[C@H]2C(=O)N(Cc2cn(Cc3cccc(Cl)c3)c3ccccc23)C2CC2)cc1=O. The fourth-order valence-electron chi connectivity index (χ4n) is 5.89. The van der Waals surface area contributed by atoms with Crippen molar-refractivity contribution in [3.8, 4) is 0 Å². The molecule has 1 amide bonds. The maximum absolute atomic E-state index is 14.2. The molecule has 0 bridgehead atoms. The lowest BCUT2D eigenvalue weighted by atomic mass is 9.80. The molecule has 1 saturated carbocycles. The molecular formula is C31H33ClN4O2. The van der Waals surface area contributed by atoms with E-state index in [2.05, 4.69) is 51.3 Å². The van der Waals surface area contributed by atoms with Crippen molar-refractivity contribution in [3.63, 3.8) is 0 Å². The molecule has 3 heterocycles. The summed E-state index contributed by atoms with van der Waals surface area (Å²) in [5, 5.41) is 5.35. The van der Waals surface area contributed by atoms with Gasteiger partial charge in [-0.1, -0.05) is 41.9 Å². The van der Waals surface area contributed by atoms with Crippen molar-refractivity contribution in [1.29, 1.82) is 0 Å². The predicted molar refractivity (Wildman–Crippen MR) is 151 cm³/mol. The van der Waals surface area contributed by atoms with Crippen LogP contribution in [0.4, 0.5) is 0 Å². The summed E-state index contributed by atoms with van der Waals surface area (Å²) >= 11 is 6.25. The molecule has 2 aliphatic rings. The lowest BCUT2D eigenvalue weighted by Gasteiger charge is -2.35. The summed E-state index contributed by atoms with van der Waals surface area (Å²) < 4.78 is 3.84. The van der Waals surface area contributed by atoms with Crippen molar-refractivity contribution >= 4 is 28.4 Å². The van der Waals surface area contributed by atoms with Crippen molar-refractivity contribution < 1.29 is 4.79 Å². The van der Waals surface area contributed by atoms with Gasteiger partial charge in [-0.25, -0.2) is 0 Å². The number of nitrogens with one attached hydrogen (secondary N) is 1. The van der Waals surface area contributed by atoms with Gasteiger partial charge >= 0.3 is 0 Å². The van der Waals surface area contributed by atoms with Gasteiger partial charge in [-0.05, 0) is 72.7 Å². The van der Waals surface area contributed by atoms with Crippen LogP contribution >= 0.6 is 11.6 Å². The van der Waals surface area contributed by atoms with Crippen LogP contribution in [-0.2, 0) is 24.9 Å². The third-order valence-electron chi connectivity index (χ3n) is 8.08. The zero-order chi connectivity index (χ0) is 26.2. The molecule has 2 atom stereocenters. The molecular weight excluding hydrogens is 496 g/mol. The van der Waals surface area contributed by atoms with Gasteiger partial charge in [0.15, 0.2) is 0 Å². The lowest BCUT2D eigenvalue weighted by Crippen LogP contribution is -2.47. The number of para-hydroxylation sites is 1. The Balaban J connectivity index is 1.30. The standard InChI is InChI=1S/C31H33ClN4O2/c1-34-14-12-22(16-30(34)37)26-11-13-33-17-28(26)31(38)36(25-9-10-25)20-23-19-35(29-8-3-2-7-27(23)29)18-21-5-4-6-24(32)15-21/h2-8,12,14-16,19,25-26,28,33H,9-11,13,17-18,20H2,1H3/t26-,28+/m0/s1. The van der Waals surface area contributed by atoms with E-state index in [9.17, 15) is 9.59 Å². The number of carbonyl (C=O) groups excluding carboxylic acids is 1. The molecule has 1 aliphatic carbocycles. The molecule has 1 aliphatic heterocycles. The predicted octanol–water partition coefficient (Wildman–Crippen LogP) is 4.93. The van der Waals surface area contributed by atoms with Gasteiger partial charge in [0.2, 0.25) is 5.91 Å². The highest BCUT2D eigenvalue weighted by atomic mass is 35.5. The molecule has 2 aromatic heterocycles. The summed E-state index contributed by atoms with van der Waals surface area (Å²) in [6.45, 7) is 2.80. The highest BCUT2D eigenvalue weighted by Crippen LogP contribution is 2.37. The minimum Gasteiger partial charge on any atom is -0.343 e. The van der Waals surface area contributed by atoms with Crippen molar-refractivity contribution in [2.24, 2.45) is 13.0 Å². The Morgan fingerprint density at radius 3 is 2.71 bits per heavy atom. The Kier molecular flexibility index (Phi) is 6.85. The molecule has 7 heteroatoms. The quantitative estimate of drug-likeness (QED) is 0.370. The van der Waals surface area contributed by atoms with Crippen LogP contribution in [0.1, 0.15) is 41.9 Å². The Morgan fingerprint density at radius 2 is 1.92 bits per heavy atom. The number of rotatable bonds is 7. The number of aromatic nitrogens is 2. The monoisotopic (exact) mass is 528 g/mol. The highest BCUT2D eigenvalue weighted by Gasteiger charge is 2.40. The smallest absolute Gasteiger partial charge is 0.250 e. The fourth-order valence-corrected chi connectivity index (χ4v) is 6.11. The molecule has 2 aromatic carbocycles. The molecule has 1 saturated heterocycles. The van der Waals surface area contributed by atoms with Crippen LogP contribution in [0.3, 0.4) is 0 Å². The minimum absolute atomic E-state index is 0.0289. The van der Waals surface area contributed by atoms with Crippen LogP contribution in [0, 0.1) is 5.92 Å². The number of piperidine rings is 1. The summed E-state index contributed by atoms with van der Waals surface area (Å²) in [5.74, 6) is 0.0522. The Hall–Kier alpha value is -3.35. The van der Waals surface area contributed by atoms with Gasteiger partial charge in [-0.3, -0.25) is 9.59 Å². The Labute approximate surface area is 227 Å². The van der Waals surface area contributed by atoms with Crippen molar-refractivity contribution in [2.75, 3.05) is 13.1 Å². The Morgan fingerprint density at radius 1 is 1.08 bits per heavy atom. The van der Waals surface area contributed by atoms with E-state index in [1.807, 2.05) is 30.5 Å². The van der Waals surface area contributed by atoms with E-state index in [1.54, 1.807) is 17.7 Å². The fraction of sp³-hybridized carbons (Fsp3) is 0.355. The number of aryl methyl sites for hydroxylation is 1. The first-order valence-corrected chi connectivity index (χ1v) is 13.8. The molecule has 1 N–H and O–H groups in total. The minimum atomic E-state index is -0.184. The van der Waals surface area contributed by atoms with E-state index < -0.39 is 0 Å². The Bertz CT molecular complexity index is 1540. The van der Waals surface area contributed by atoms with Gasteiger partial charge in [0.05, 0.1) is 5.92 Å². The number of pyridine rings is 1. The molecule has 0 spiro atoms. The van der Waals surface area contributed by atoms with Crippen molar-refractivity contribution in [1.82, 2.24) is 19.4 Å². The van der Waals surface area contributed by atoms with E-state index >= 15 is 0 Å². The summed E-state index contributed by atoms with van der Waals surface area (Å²) in [5.41, 5.74) is 4.41. The second kappa shape index (κ2) is 10.4. The summed E-state index contributed by atoms with van der Waals surface area (Å²) in [6.07, 6.45) is 6.95. The first-order chi connectivity index (χ1) is 18.5. The van der Waals surface area contributed by atoms with Crippen LogP contribution < -0.4 is 10.9 Å². The van der Waals surface area contributed by atoms with Crippen LogP contribution in [0.5, 0.6) is 0 Å². The van der Waals surface area contributed by atoms with Crippen LogP contribution in [0.15, 0.2) is 77.9 Å². The second-order valence-electron chi connectivity index (χ2n) is 10.7. The van der Waals surface area contributed by atoms with Gasteiger partial charge in [0.25, 0.3) is 5.56 Å². The zero-order valence-electron chi connectivity index (χ0n) is 21.6. The van der Waals surface area contributed by atoms with E-state index in [0.29, 0.717) is 13.1 Å². The number of benzene rings is 2. The molecule has 2 fully saturated rings. The van der Waals surface area contributed by atoms with E-state index in [0.717, 1.165) is 59.6 Å². The van der Waals surface area contributed by atoms with Gasteiger partial charge in [0.1, 0.15) is 0 Å². The van der Waals surface area contributed by atoms with Gasteiger partial charge < -0.3 is 19.4 Å². The van der Waals surface area contributed by atoms with Crippen LogP contribution in [0.25, 0.3) is 10.9 Å². The van der Waals surface area contributed by atoms with Crippen LogP contribution in [-0.4, -0.2) is 39.1 Å². The molecule has 6 rings (SSSR count). The largest absolute Gasteiger partial charge is 0.343 e. The number of halogens is 1. The molecule has 6 nitrogen and oxygen atoms in total. The van der Waals surface area contributed by atoms with E-state index in [4.69, 9.17) is 11.6 Å². The third-order valence-corrected chi connectivity index (χ3v) is 8.32. The highest BCUT2D eigenvalue weighted by molar-refractivity contribution is 6.30. The molecule has 196 valence electrons. The molecule has 4 aromatic rings. The number of fused-ring (bicyclic) bond motifs is 1. The van der Waals surface area contributed by atoms with Gasteiger partial charge in [-0.2, -0.15) is 0 Å². The van der Waals surface area contributed by atoms with Gasteiger partial charge in [-0.15, -0.1) is 0 Å². The van der Waals surface area contributed by atoms with Gasteiger partial charge in [0, 0.05) is 67.1 Å². The molecule has 0 unspecified atom stereocenters. The first-order valence-electron chi connectivity index (χ1n) is 13.5. The number of nitrogens with zero attached hydrogens (tertiary/aromatic N) is 3. The normalized spacial score (nSPS) is 19.5. The average molecular weight is 529 g/mol. The summed E-state index contributed by atoms with van der Waals surface area (Å²) in [6, 6.07) is 20.4. The molecule has 38 heavy (non-hydrogen) atoms. The summed E-state index contributed by atoms with van der Waals surface area (Å²) in [7, 11) is 1.76. The lowest BCUT2D eigenvalue weighted by molar-refractivity contribution is -0.138. The number of hydrogen-bond acceptors (Lipinski definition) is 3. The number of carbonyl (C=O) groups is 1. The maximum Gasteiger partial charge on any atom is 0.250 e. The van der Waals surface area contributed by atoms with Crippen LogP contribution in [0.2, 0.25) is 5.02 Å². The van der Waals surface area contributed by atoms with Crippen molar-refractivity contribution in [3.05, 3.63) is 105 Å². The molecule has 0 radical (unpaired) electrons. The average Bonchev–Trinajstić information content (AvgIpc) is 3.72. The number of amides is 1. The number of hydrogen-bond donors (Lipinski definition) is 1. The van der Waals surface area contributed by atoms with E-state index in [1.165, 1.54) is 5.39 Å². The second-order valence-corrected chi connectivity index (χ2v) is 11.2. The topological polar surface area (TPSA) is 59.3 Å². The zero-order valence-corrected chi connectivity index (χ0v) is 22.4. The maximum atomic E-state index is 14.2. The third kappa shape index (κ3) is 5.03. The van der Waals surface area contributed by atoms with E-state index in [-0.39, 0.29) is 29.3 Å². The first kappa shape index (κ1) is 25.0. The summed E-state index contributed by atoms with van der Waals surface area (Å²) in [4.78, 5) is 28.7.